The van der Waals surface area contributed by atoms with E-state index >= 15 is 0 Å². The SMILES string of the molecule is CC.CN(C)CC(=O)N1CCSc2cc(C(C(F)(F)F)C(F)(F)F)ccc21. The van der Waals surface area contributed by atoms with Crippen LogP contribution in [0, 0.1) is 0 Å². The molecule has 0 saturated carbocycles. The van der Waals surface area contributed by atoms with Gasteiger partial charge in [0.25, 0.3) is 0 Å². The standard InChI is InChI=1S/C15H16F6N2OS.C2H6/c1-22(2)8-12(24)23-5-6-25-11-7-9(3-4-10(11)23)13(14(16,17)18)15(19,20)21;1-2/h3-4,7,13H,5-6,8H2,1-2H3;1-2H3. The van der Waals surface area contributed by atoms with E-state index in [2.05, 4.69) is 0 Å². The van der Waals surface area contributed by atoms with Crippen LogP contribution in [0.4, 0.5) is 32.0 Å². The van der Waals surface area contributed by atoms with E-state index in [1.54, 1.807) is 19.0 Å². The molecule has 154 valence electrons. The number of halogens is 6. The molecule has 1 aliphatic heterocycles. The molecule has 1 amide bonds. The van der Waals surface area contributed by atoms with Gasteiger partial charge in [-0.25, -0.2) is 0 Å². The maximum atomic E-state index is 12.9. The Labute approximate surface area is 158 Å². The molecule has 0 N–H and O–H groups in total. The van der Waals surface area contributed by atoms with Gasteiger partial charge in [-0.1, -0.05) is 19.9 Å². The molecule has 0 radical (unpaired) electrons. The van der Waals surface area contributed by atoms with Crippen molar-refractivity contribution in [1.82, 2.24) is 4.90 Å². The molecule has 0 aromatic heterocycles. The first-order valence-electron chi connectivity index (χ1n) is 8.26. The van der Waals surface area contributed by atoms with E-state index in [1.807, 2.05) is 13.8 Å². The second-order valence-corrected chi connectivity index (χ2v) is 7.01. The number of anilines is 1. The third-order valence-corrected chi connectivity index (χ3v) is 4.61. The number of thioether (sulfide) groups is 1. The number of carbonyl (C=O) groups excluding carboxylic acids is 1. The van der Waals surface area contributed by atoms with Crippen molar-refractivity contribution < 1.29 is 31.1 Å². The first-order chi connectivity index (χ1) is 12.4. The number of carbonyl (C=O) groups is 1. The summed E-state index contributed by atoms with van der Waals surface area (Å²) in [5.74, 6) is -3.40. The molecule has 1 aromatic rings. The first-order valence-corrected chi connectivity index (χ1v) is 9.25. The van der Waals surface area contributed by atoms with Crippen molar-refractivity contribution in [3.63, 3.8) is 0 Å². The molecule has 0 atom stereocenters. The molecule has 10 heteroatoms. The number of likely N-dealkylation sites (N-methyl/N-ethyl adjacent to an activating group) is 1. The summed E-state index contributed by atoms with van der Waals surface area (Å²) in [5.41, 5.74) is -0.525. The Bertz CT molecular complexity index is 631. The third-order valence-electron chi connectivity index (χ3n) is 3.59. The molecule has 0 saturated heterocycles. The van der Waals surface area contributed by atoms with Crippen molar-refractivity contribution in [1.29, 1.82) is 0 Å². The van der Waals surface area contributed by atoms with Crippen molar-refractivity contribution >= 4 is 23.4 Å². The van der Waals surface area contributed by atoms with Gasteiger partial charge in [-0.05, 0) is 31.8 Å². The zero-order chi connectivity index (χ0) is 21.0. The molecule has 1 heterocycles. The maximum Gasteiger partial charge on any atom is 0.404 e. The van der Waals surface area contributed by atoms with E-state index in [0.717, 1.165) is 30.0 Å². The number of rotatable bonds is 3. The zero-order valence-corrected chi connectivity index (χ0v) is 16.2. The molecule has 0 unspecified atom stereocenters. The van der Waals surface area contributed by atoms with E-state index < -0.39 is 23.8 Å². The van der Waals surface area contributed by atoms with Crippen LogP contribution in [0.25, 0.3) is 0 Å². The normalized spacial score (nSPS) is 14.7. The van der Waals surface area contributed by atoms with Gasteiger partial charge in [0.05, 0.1) is 12.2 Å². The minimum Gasteiger partial charge on any atom is -0.309 e. The van der Waals surface area contributed by atoms with E-state index in [4.69, 9.17) is 0 Å². The van der Waals surface area contributed by atoms with Crippen LogP contribution in [0.2, 0.25) is 0 Å². The highest BCUT2D eigenvalue weighted by molar-refractivity contribution is 7.99. The second kappa shape index (κ2) is 9.18. The maximum absolute atomic E-state index is 12.9. The number of fused-ring (bicyclic) bond motifs is 1. The Morgan fingerprint density at radius 2 is 1.70 bits per heavy atom. The molecule has 0 bridgehead atoms. The van der Waals surface area contributed by atoms with Crippen molar-refractivity contribution in [2.45, 2.75) is 37.0 Å². The molecule has 1 aliphatic rings. The number of hydrogen-bond donors (Lipinski definition) is 0. The van der Waals surface area contributed by atoms with Crippen LogP contribution in [-0.4, -0.2) is 56.1 Å². The van der Waals surface area contributed by atoms with E-state index in [9.17, 15) is 31.1 Å². The Kier molecular flexibility index (Phi) is 8.03. The summed E-state index contributed by atoms with van der Waals surface area (Å²) >= 11 is 1.14. The van der Waals surface area contributed by atoms with Crippen LogP contribution >= 0.6 is 11.8 Å². The minimum absolute atomic E-state index is 0.0968. The first kappa shape index (κ1) is 23.6. The predicted molar refractivity (Wildman–Crippen MR) is 94.3 cm³/mol. The predicted octanol–water partition coefficient (Wildman–Crippen LogP) is 4.92. The van der Waals surface area contributed by atoms with E-state index in [-0.39, 0.29) is 17.3 Å². The van der Waals surface area contributed by atoms with Gasteiger partial charge >= 0.3 is 12.4 Å². The van der Waals surface area contributed by atoms with Gasteiger partial charge in [0.15, 0.2) is 5.92 Å². The molecule has 0 spiro atoms. The lowest BCUT2D eigenvalue weighted by molar-refractivity contribution is -0.253. The van der Waals surface area contributed by atoms with Gasteiger partial charge in [0, 0.05) is 17.2 Å². The van der Waals surface area contributed by atoms with Crippen molar-refractivity contribution in [2.24, 2.45) is 0 Å². The summed E-state index contributed by atoms with van der Waals surface area (Å²) in [5, 5.41) is 0. The fraction of sp³-hybridized carbons (Fsp3) is 0.588. The fourth-order valence-electron chi connectivity index (χ4n) is 2.59. The lowest BCUT2D eigenvalue weighted by atomic mass is 9.97. The van der Waals surface area contributed by atoms with Crippen molar-refractivity contribution in [3.8, 4) is 0 Å². The minimum atomic E-state index is -5.44. The monoisotopic (exact) mass is 416 g/mol. The Morgan fingerprint density at radius 1 is 1.15 bits per heavy atom. The Hall–Kier alpha value is -1.42. The average Bonchev–Trinajstić information content (AvgIpc) is 2.52. The summed E-state index contributed by atoms with van der Waals surface area (Å²) in [6.07, 6.45) is -10.9. The number of hydrogen-bond acceptors (Lipinski definition) is 3. The lowest BCUT2D eigenvalue weighted by Gasteiger charge is -2.31. The smallest absolute Gasteiger partial charge is 0.309 e. The highest BCUT2D eigenvalue weighted by atomic mass is 32.2. The van der Waals surface area contributed by atoms with Gasteiger partial charge in [-0.2, -0.15) is 26.3 Å². The van der Waals surface area contributed by atoms with Crippen LogP contribution in [0.3, 0.4) is 0 Å². The highest BCUT2D eigenvalue weighted by Crippen LogP contribution is 2.48. The molecule has 27 heavy (non-hydrogen) atoms. The number of benzene rings is 1. The molecular weight excluding hydrogens is 394 g/mol. The molecule has 2 rings (SSSR count). The number of alkyl halides is 6. The van der Waals surface area contributed by atoms with Gasteiger partial charge < -0.3 is 9.80 Å². The number of nitrogens with zero attached hydrogens (tertiary/aromatic N) is 2. The second-order valence-electron chi connectivity index (χ2n) is 5.88. The summed E-state index contributed by atoms with van der Waals surface area (Å²) in [7, 11) is 3.38. The van der Waals surface area contributed by atoms with Crippen LogP contribution in [0.15, 0.2) is 23.1 Å². The Balaban J connectivity index is 0.00000176. The fourth-order valence-corrected chi connectivity index (χ4v) is 3.63. The largest absolute Gasteiger partial charge is 0.404 e. The molecule has 0 fully saturated rings. The quantitative estimate of drug-likeness (QED) is 0.654. The van der Waals surface area contributed by atoms with Crippen LogP contribution in [-0.2, 0) is 4.79 Å². The molecule has 0 aliphatic carbocycles. The van der Waals surface area contributed by atoms with E-state index in [0.29, 0.717) is 18.0 Å². The van der Waals surface area contributed by atoms with Crippen LogP contribution < -0.4 is 4.90 Å². The summed E-state index contributed by atoms with van der Waals surface area (Å²) in [6.45, 7) is 4.45. The topological polar surface area (TPSA) is 23.6 Å². The summed E-state index contributed by atoms with van der Waals surface area (Å²) < 4.78 is 77.3. The van der Waals surface area contributed by atoms with Gasteiger partial charge in [0.2, 0.25) is 5.91 Å². The molecule has 1 aromatic carbocycles. The molecule has 3 nitrogen and oxygen atoms in total. The highest BCUT2D eigenvalue weighted by Gasteiger charge is 2.57. The zero-order valence-electron chi connectivity index (χ0n) is 15.4. The van der Waals surface area contributed by atoms with Gasteiger partial charge in [0.1, 0.15) is 0 Å². The lowest BCUT2D eigenvalue weighted by Crippen LogP contribution is -2.41. The third kappa shape index (κ3) is 6.03. The van der Waals surface area contributed by atoms with Crippen molar-refractivity contribution in [3.05, 3.63) is 23.8 Å². The van der Waals surface area contributed by atoms with Crippen LogP contribution in [0.5, 0.6) is 0 Å². The summed E-state index contributed by atoms with van der Waals surface area (Å²) in [6, 6.07) is 2.85. The summed E-state index contributed by atoms with van der Waals surface area (Å²) in [4.78, 5) is 15.5. The van der Waals surface area contributed by atoms with Gasteiger partial charge in [-0.3, -0.25) is 4.79 Å². The average molecular weight is 416 g/mol. The molecular formula is C17H22F6N2OS. The van der Waals surface area contributed by atoms with Gasteiger partial charge in [-0.15, -0.1) is 11.8 Å². The van der Waals surface area contributed by atoms with E-state index in [1.165, 1.54) is 4.90 Å². The number of amides is 1. The van der Waals surface area contributed by atoms with Crippen molar-refractivity contribution in [2.75, 3.05) is 37.8 Å². The Morgan fingerprint density at radius 3 is 2.19 bits per heavy atom. The van der Waals surface area contributed by atoms with Crippen LogP contribution in [0.1, 0.15) is 25.3 Å².